The lowest BCUT2D eigenvalue weighted by molar-refractivity contribution is -0.123. The molecule has 2 aromatic carbocycles. The number of hydrogen-bond acceptors (Lipinski definition) is 4. The molecular formula is C24H25FN4O2. The first-order chi connectivity index (χ1) is 14.9. The maximum atomic E-state index is 13.5. The zero-order chi connectivity index (χ0) is 22.0. The van der Waals surface area contributed by atoms with Crippen LogP contribution in [0.15, 0.2) is 48.5 Å². The second-order valence-electron chi connectivity index (χ2n) is 8.10. The molecule has 3 N–H and O–H groups in total. The summed E-state index contributed by atoms with van der Waals surface area (Å²) in [5.41, 5.74) is 8.79. The summed E-state index contributed by atoms with van der Waals surface area (Å²) in [5.74, 6) is -0.970. The number of halogens is 1. The van der Waals surface area contributed by atoms with E-state index in [-0.39, 0.29) is 23.5 Å². The van der Waals surface area contributed by atoms with Crippen molar-refractivity contribution in [2.45, 2.75) is 26.3 Å². The number of nitrogens with two attached hydrogens (primary N) is 1. The number of amides is 2. The molecule has 0 spiro atoms. The van der Waals surface area contributed by atoms with Gasteiger partial charge < -0.3 is 11.1 Å². The number of carbonyl (C=O) groups excluding carboxylic acids is 2. The van der Waals surface area contributed by atoms with Crippen LogP contribution in [-0.2, 0) is 11.3 Å². The highest BCUT2D eigenvalue weighted by atomic mass is 19.1. The number of aromatic nitrogens is 1. The summed E-state index contributed by atoms with van der Waals surface area (Å²) in [4.78, 5) is 30.9. The number of anilines is 1. The number of benzene rings is 2. The molecule has 7 heteroatoms. The topological polar surface area (TPSA) is 88.3 Å². The normalized spacial score (nSPS) is 16.9. The summed E-state index contributed by atoms with van der Waals surface area (Å²) < 4.78 is 13.5. The van der Waals surface area contributed by atoms with E-state index in [2.05, 4.69) is 15.2 Å². The van der Waals surface area contributed by atoms with E-state index in [9.17, 15) is 14.0 Å². The lowest BCUT2D eigenvalue weighted by Gasteiger charge is -2.31. The minimum absolute atomic E-state index is 0.0839. The predicted octanol–water partition coefficient (Wildman–Crippen LogP) is 3.63. The third-order valence-corrected chi connectivity index (χ3v) is 5.67. The van der Waals surface area contributed by atoms with Crippen LogP contribution in [0.25, 0.3) is 10.9 Å². The van der Waals surface area contributed by atoms with E-state index in [1.165, 1.54) is 12.1 Å². The highest BCUT2D eigenvalue weighted by Gasteiger charge is 2.23. The number of fused-ring (bicyclic) bond motifs is 1. The second-order valence-corrected chi connectivity index (χ2v) is 8.10. The molecule has 0 bridgehead atoms. The van der Waals surface area contributed by atoms with Crippen LogP contribution in [0.2, 0.25) is 0 Å². The van der Waals surface area contributed by atoms with Crippen molar-refractivity contribution in [2.75, 3.05) is 18.4 Å². The van der Waals surface area contributed by atoms with E-state index in [4.69, 9.17) is 5.73 Å². The number of likely N-dealkylation sites (tertiary alicyclic amines) is 1. The molecule has 0 aliphatic carbocycles. The number of primary amides is 1. The Balaban J connectivity index is 1.45. The summed E-state index contributed by atoms with van der Waals surface area (Å²) in [6.45, 7) is 4.14. The predicted molar refractivity (Wildman–Crippen MR) is 118 cm³/mol. The molecule has 1 fully saturated rings. The van der Waals surface area contributed by atoms with Gasteiger partial charge in [-0.05, 0) is 62.2 Å². The fraction of sp³-hybridized carbons (Fsp3) is 0.292. The summed E-state index contributed by atoms with van der Waals surface area (Å²) in [7, 11) is 0. The van der Waals surface area contributed by atoms with Gasteiger partial charge in [-0.15, -0.1) is 0 Å². The summed E-state index contributed by atoms with van der Waals surface area (Å²) in [6.07, 6.45) is 1.82. The van der Waals surface area contributed by atoms with Crippen molar-refractivity contribution in [3.05, 3.63) is 71.2 Å². The van der Waals surface area contributed by atoms with E-state index in [1.807, 2.05) is 24.3 Å². The molecule has 2 amide bonds. The number of aryl methyl sites for hydroxylation is 1. The lowest BCUT2D eigenvalue weighted by Crippen LogP contribution is -2.40. The molecule has 1 aromatic heterocycles. The molecule has 0 saturated carbocycles. The molecule has 2 heterocycles. The number of rotatable bonds is 5. The van der Waals surface area contributed by atoms with Crippen molar-refractivity contribution in [1.29, 1.82) is 0 Å². The van der Waals surface area contributed by atoms with Gasteiger partial charge in [-0.2, -0.15) is 0 Å². The minimum atomic E-state index is -0.386. The number of hydrogen-bond donors (Lipinski definition) is 2. The summed E-state index contributed by atoms with van der Waals surface area (Å²) in [6, 6.07) is 13.6. The van der Waals surface area contributed by atoms with Crippen LogP contribution in [-0.4, -0.2) is 34.8 Å². The minimum Gasteiger partial charge on any atom is -0.369 e. The van der Waals surface area contributed by atoms with Gasteiger partial charge in [0.15, 0.2) is 0 Å². The first-order valence-electron chi connectivity index (χ1n) is 10.4. The van der Waals surface area contributed by atoms with Gasteiger partial charge in [-0.25, -0.2) is 4.39 Å². The Morgan fingerprint density at radius 2 is 1.97 bits per heavy atom. The number of pyridine rings is 1. The molecule has 31 heavy (non-hydrogen) atoms. The Labute approximate surface area is 180 Å². The van der Waals surface area contributed by atoms with Crippen molar-refractivity contribution < 1.29 is 14.0 Å². The monoisotopic (exact) mass is 420 g/mol. The maximum Gasteiger partial charge on any atom is 0.256 e. The van der Waals surface area contributed by atoms with E-state index in [0.717, 1.165) is 31.5 Å². The summed E-state index contributed by atoms with van der Waals surface area (Å²) in [5, 5.41) is 3.52. The maximum absolute atomic E-state index is 13.5. The highest BCUT2D eigenvalue weighted by molar-refractivity contribution is 6.12. The highest BCUT2D eigenvalue weighted by Crippen LogP contribution is 2.22. The molecule has 160 valence electrons. The number of nitrogens with zero attached hydrogens (tertiary/aromatic N) is 2. The zero-order valence-electron chi connectivity index (χ0n) is 17.4. The van der Waals surface area contributed by atoms with Crippen LogP contribution in [0, 0.1) is 18.7 Å². The smallest absolute Gasteiger partial charge is 0.256 e. The van der Waals surface area contributed by atoms with E-state index in [0.29, 0.717) is 34.4 Å². The van der Waals surface area contributed by atoms with Crippen LogP contribution >= 0.6 is 0 Å². The molecule has 1 unspecified atom stereocenters. The molecule has 1 atom stereocenters. The molecule has 1 aliphatic rings. The molecule has 1 saturated heterocycles. The average Bonchev–Trinajstić information content (AvgIpc) is 2.74. The Morgan fingerprint density at radius 3 is 2.71 bits per heavy atom. The van der Waals surface area contributed by atoms with E-state index < -0.39 is 0 Å². The van der Waals surface area contributed by atoms with Crippen LogP contribution in [0.1, 0.15) is 34.5 Å². The Bertz CT molecular complexity index is 1130. The van der Waals surface area contributed by atoms with E-state index in [1.54, 1.807) is 19.1 Å². The quantitative estimate of drug-likeness (QED) is 0.660. The van der Waals surface area contributed by atoms with Gasteiger partial charge in [0.2, 0.25) is 5.91 Å². The number of piperidine rings is 1. The van der Waals surface area contributed by atoms with E-state index >= 15 is 0 Å². The lowest BCUT2D eigenvalue weighted by atomic mass is 9.97. The second kappa shape index (κ2) is 8.81. The van der Waals surface area contributed by atoms with Crippen LogP contribution in [0.3, 0.4) is 0 Å². The Kier molecular flexibility index (Phi) is 5.95. The van der Waals surface area contributed by atoms with Crippen molar-refractivity contribution in [2.24, 2.45) is 11.7 Å². The Morgan fingerprint density at radius 1 is 1.19 bits per heavy atom. The third kappa shape index (κ3) is 4.88. The average molecular weight is 420 g/mol. The molecule has 0 radical (unpaired) electrons. The zero-order valence-corrected chi connectivity index (χ0v) is 17.4. The first kappa shape index (κ1) is 20.9. The largest absolute Gasteiger partial charge is 0.369 e. The van der Waals surface area contributed by atoms with Crippen LogP contribution < -0.4 is 11.1 Å². The SMILES string of the molecule is Cc1cc(C(=O)Nc2ccc(CN3CCCC(C(N)=O)C3)cc2)c2ccc(F)cc2n1. The van der Waals surface area contributed by atoms with Crippen molar-refractivity contribution >= 4 is 28.4 Å². The standard InChI is InChI=1S/C24H25FN4O2/c1-15-11-21(20-9-6-18(25)12-22(20)27-15)24(31)28-19-7-4-16(5-8-19)13-29-10-2-3-17(14-29)23(26)30/h4-9,11-12,17H,2-3,10,13-14H2,1H3,(H2,26,30)(H,28,31). The van der Waals surface area contributed by atoms with Gasteiger partial charge >= 0.3 is 0 Å². The van der Waals surface area contributed by atoms with Crippen molar-refractivity contribution in [3.63, 3.8) is 0 Å². The molecule has 6 nitrogen and oxygen atoms in total. The van der Waals surface area contributed by atoms with Gasteiger partial charge in [0.05, 0.1) is 17.0 Å². The fourth-order valence-electron chi connectivity index (χ4n) is 4.10. The summed E-state index contributed by atoms with van der Waals surface area (Å²) >= 11 is 0. The van der Waals surface area contributed by atoms with Gasteiger partial charge in [0, 0.05) is 35.9 Å². The first-order valence-corrected chi connectivity index (χ1v) is 10.4. The van der Waals surface area contributed by atoms with Crippen molar-refractivity contribution in [3.8, 4) is 0 Å². The number of nitrogens with one attached hydrogen (secondary N) is 1. The molecule has 3 aromatic rings. The van der Waals surface area contributed by atoms with Gasteiger partial charge in [0.1, 0.15) is 5.82 Å². The van der Waals surface area contributed by atoms with Gasteiger partial charge in [-0.1, -0.05) is 12.1 Å². The van der Waals surface area contributed by atoms with Crippen molar-refractivity contribution in [1.82, 2.24) is 9.88 Å². The van der Waals surface area contributed by atoms with Crippen LogP contribution in [0.4, 0.5) is 10.1 Å². The molecular weight excluding hydrogens is 395 g/mol. The Hall–Kier alpha value is -3.32. The third-order valence-electron chi connectivity index (χ3n) is 5.67. The molecule has 1 aliphatic heterocycles. The molecule has 4 rings (SSSR count). The van der Waals surface area contributed by atoms with Gasteiger partial charge in [-0.3, -0.25) is 19.5 Å². The fourth-order valence-corrected chi connectivity index (χ4v) is 4.10. The number of carbonyl (C=O) groups is 2. The van der Waals surface area contributed by atoms with Crippen LogP contribution in [0.5, 0.6) is 0 Å². The van der Waals surface area contributed by atoms with Gasteiger partial charge in [0.25, 0.3) is 5.91 Å².